The van der Waals surface area contributed by atoms with Crippen molar-refractivity contribution in [3.63, 3.8) is 0 Å². The van der Waals surface area contributed by atoms with Gasteiger partial charge in [-0.25, -0.2) is 0 Å². The number of para-hydroxylation sites is 3. The van der Waals surface area contributed by atoms with Crippen molar-refractivity contribution in [2.24, 2.45) is 0 Å². The molecular weight excluding hydrogens is 402 g/mol. The van der Waals surface area contributed by atoms with Crippen LogP contribution in [0.2, 0.25) is 0 Å². The van der Waals surface area contributed by atoms with Crippen LogP contribution < -0.4 is 20.3 Å². The zero-order valence-electron chi connectivity index (χ0n) is 18.3. The minimum Gasteiger partial charge on any atom is -0.487 e. The molecule has 0 aromatic heterocycles. The van der Waals surface area contributed by atoms with E-state index >= 15 is 0 Å². The minimum absolute atomic E-state index is 0.0754. The smallest absolute Gasteiger partial charge is 0.258 e. The molecule has 0 aliphatic carbocycles. The van der Waals surface area contributed by atoms with Crippen molar-refractivity contribution in [2.45, 2.75) is 6.92 Å². The molecule has 0 unspecified atom stereocenters. The van der Waals surface area contributed by atoms with Crippen molar-refractivity contribution in [3.8, 4) is 5.75 Å². The van der Waals surface area contributed by atoms with Crippen LogP contribution >= 0.6 is 0 Å². The molecule has 3 rings (SSSR count). The van der Waals surface area contributed by atoms with Gasteiger partial charge in [-0.05, 0) is 61.0 Å². The zero-order chi connectivity index (χ0) is 22.9. The van der Waals surface area contributed by atoms with Gasteiger partial charge in [-0.3, -0.25) is 9.59 Å². The Morgan fingerprint density at radius 1 is 0.938 bits per heavy atom. The van der Waals surface area contributed by atoms with Crippen LogP contribution in [0.3, 0.4) is 0 Å². The second-order valence-electron chi connectivity index (χ2n) is 7.42. The molecule has 0 spiro atoms. The predicted octanol–water partition coefficient (Wildman–Crippen LogP) is 4.97. The molecule has 0 heterocycles. The summed E-state index contributed by atoms with van der Waals surface area (Å²) in [4.78, 5) is 26.7. The Hall–Kier alpha value is -4.06. The maximum Gasteiger partial charge on any atom is 0.258 e. The van der Waals surface area contributed by atoms with Crippen LogP contribution in [0.4, 0.5) is 17.1 Å². The van der Waals surface area contributed by atoms with Crippen LogP contribution in [-0.2, 0) is 4.79 Å². The molecule has 32 heavy (non-hydrogen) atoms. The molecule has 3 aromatic rings. The van der Waals surface area contributed by atoms with E-state index in [0.29, 0.717) is 23.6 Å². The molecule has 6 nitrogen and oxygen atoms in total. The van der Waals surface area contributed by atoms with Gasteiger partial charge in [-0.1, -0.05) is 36.9 Å². The number of anilines is 3. The van der Waals surface area contributed by atoms with Crippen molar-refractivity contribution >= 4 is 28.9 Å². The Labute approximate surface area is 188 Å². The van der Waals surface area contributed by atoms with E-state index in [9.17, 15) is 9.59 Å². The lowest BCUT2D eigenvalue weighted by atomic mass is 10.1. The lowest BCUT2D eigenvalue weighted by molar-refractivity contribution is -0.114. The predicted molar refractivity (Wildman–Crippen MR) is 129 cm³/mol. The topological polar surface area (TPSA) is 70.7 Å². The largest absolute Gasteiger partial charge is 0.487 e. The summed E-state index contributed by atoms with van der Waals surface area (Å²) in [5, 5.41) is 5.92. The molecule has 0 saturated heterocycles. The third kappa shape index (κ3) is 6.22. The number of amides is 2. The molecule has 3 aromatic carbocycles. The first-order valence-corrected chi connectivity index (χ1v) is 10.3. The van der Waals surface area contributed by atoms with Gasteiger partial charge in [-0.15, -0.1) is 0 Å². The first-order valence-electron chi connectivity index (χ1n) is 10.3. The molecular formula is C26H27N3O3. The normalized spacial score (nSPS) is 10.2. The van der Waals surface area contributed by atoms with Gasteiger partial charge in [0, 0.05) is 24.0 Å². The van der Waals surface area contributed by atoms with Gasteiger partial charge in [0.1, 0.15) is 12.4 Å². The molecule has 0 aliphatic heterocycles. The van der Waals surface area contributed by atoms with E-state index in [1.54, 1.807) is 48.3 Å². The van der Waals surface area contributed by atoms with Crippen molar-refractivity contribution in [1.29, 1.82) is 0 Å². The molecule has 2 N–H and O–H groups in total. The molecule has 0 bridgehead atoms. The van der Waals surface area contributed by atoms with Gasteiger partial charge in [0.15, 0.2) is 0 Å². The van der Waals surface area contributed by atoms with Gasteiger partial charge in [0.25, 0.3) is 5.91 Å². The number of carbonyl (C=O) groups excluding carboxylic acids is 2. The molecule has 0 fully saturated rings. The van der Waals surface area contributed by atoms with E-state index in [-0.39, 0.29) is 18.4 Å². The summed E-state index contributed by atoms with van der Waals surface area (Å²) >= 11 is 0. The number of hydrogen-bond acceptors (Lipinski definition) is 4. The third-order valence-electron chi connectivity index (χ3n) is 4.67. The number of nitrogens with zero attached hydrogens (tertiary/aromatic N) is 1. The number of nitrogens with one attached hydrogen (secondary N) is 2. The van der Waals surface area contributed by atoms with Crippen LogP contribution in [0, 0.1) is 0 Å². The molecule has 0 atom stereocenters. The summed E-state index contributed by atoms with van der Waals surface area (Å²) in [6.45, 7) is 6.16. The fourth-order valence-electron chi connectivity index (χ4n) is 2.97. The van der Waals surface area contributed by atoms with Crippen molar-refractivity contribution in [3.05, 3.63) is 96.6 Å². The summed E-state index contributed by atoms with van der Waals surface area (Å²) in [7, 11) is 1.74. The average Bonchev–Trinajstić information content (AvgIpc) is 2.82. The fourth-order valence-corrected chi connectivity index (χ4v) is 2.97. The Morgan fingerprint density at radius 3 is 2.28 bits per heavy atom. The van der Waals surface area contributed by atoms with Crippen LogP contribution in [0.15, 0.2) is 91.0 Å². The number of carbonyl (C=O) groups is 2. The highest BCUT2D eigenvalue weighted by atomic mass is 16.5. The van der Waals surface area contributed by atoms with Crippen LogP contribution in [-0.4, -0.2) is 32.0 Å². The Morgan fingerprint density at radius 2 is 1.59 bits per heavy atom. The van der Waals surface area contributed by atoms with Crippen LogP contribution in [0.1, 0.15) is 17.3 Å². The first-order chi connectivity index (χ1) is 15.4. The lowest BCUT2D eigenvalue weighted by Crippen LogP contribution is -2.26. The van der Waals surface area contributed by atoms with Gasteiger partial charge < -0.3 is 20.3 Å². The van der Waals surface area contributed by atoms with E-state index in [1.807, 2.05) is 49.4 Å². The summed E-state index contributed by atoms with van der Waals surface area (Å²) in [5.41, 5.74) is 3.62. The quantitative estimate of drug-likeness (QED) is 0.471. The minimum atomic E-state index is -0.208. The van der Waals surface area contributed by atoms with Gasteiger partial charge in [0.05, 0.1) is 12.2 Å². The highest BCUT2D eigenvalue weighted by Gasteiger charge is 2.13. The molecule has 164 valence electrons. The second-order valence-corrected chi connectivity index (χ2v) is 7.42. The summed E-state index contributed by atoms with van der Waals surface area (Å²) in [6, 6.07) is 23.8. The van der Waals surface area contributed by atoms with Gasteiger partial charge in [-0.2, -0.15) is 0 Å². The standard InChI is InChI=1S/C26H27N3O3/c1-19(2)18-32-24-12-8-7-11-23(24)28-25(30)17-27-21-15-13-20(14-16-21)26(31)29(3)22-9-5-4-6-10-22/h4-16,27H,1,17-18H2,2-3H3,(H,28,30). The summed E-state index contributed by atoms with van der Waals surface area (Å²) in [6.07, 6.45) is 0. The Bertz CT molecular complexity index is 1080. The summed E-state index contributed by atoms with van der Waals surface area (Å²) < 4.78 is 5.68. The number of ether oxygens (including phenoxy) is 1. The van der Waals surface area contributed by atoms with E-state index in [4.69, 9.17) is 4.74 Å². The summed E-state index contributed by atoms with van der Waals surface area (Å²) in [5.74, 6) is 0.279. The molecule has 0 aliphatic rings. The van der Waals surface area contributed by atoms with Crippen LogP contribution in [0.25, 0.3) is 0 Å². The van der Waals surface area contributed by atoms with E-state index in [0.717, 1.165) is 16.9 Å². The third-order valence-corrected chi connectivity index (χ3v) is 4.67. The molecule has 0 radical (unpaired) electrons. The maximum atomic E-state index is 12.7. The molecule has 0 saturated carbocycles. The van der Waals surface area contributed by atoms with Gasteiger partial charge >= 0.3 is 0 Å². The van der Waals surface area contributed by atoms with Crippen molar-refractivity contribution < 1.29 is 14.3 Å². The van der Waals surface area contributed by atoms with Crippen LogP contribution in [0.5, 0.6) is 5.75 Å². The molecule has 6 heteroatoms. The first kappa shape index (κ1) is 22.6. The number of hydrogen-bond donors (Lipinski definition) is 2. The van der Waals surface area contributed by atoms with E-state index in [2.05, 4.69) is 17.2 Å². The maximum absolute atomic E-state index is 12.7. The van der Waals surface area contributed by atoms with Gasteiger partial charge in [0.2, 0.25) is 5.91 Å². The second kappa shape index (κ2) is 10.8. The van der Waals surface area contributed by atoms with E-state index in [1.165, 1.54) is 0 Å². The van der Waals surface area contributed by atoms with E-state index < -0.39 is 0 Å². The number of benzene rings is 3. The lowest BCUT2D eigenvalue weighted by Gasteiger charge is -2.17. The SMILES string of the molecule is C=C(C)COc1ccccc1NC(=O)CNc1ccc(C(=O)N(C)c2ccccc2)cc1. The number of rotatable bonds is 9. The fraction of sp³-hybridized carbons (Fsp3) is 0.154. The van der Waals surface area contributed by atoms with Crippen molar-refractivity contribution in [1.82, 2.24) is 0 Å². The highest BCUT2D eigenvalue weighted by molar-refractivity contribution is 6.05. The average molecular weight is 430 g/mol. The molecule has 2 amide bonds. The Balaban J connectivity index is 1.55. The zero-order valence-corrected chi connectivity index (χ0v) is 18.3. The highest BCUT2D eigenvalue weighted by Crippen LogP contribution is 2.24. The van der Waals surface area contributed by atoms with Crippen molar-refractivity contribution in [2.75, 3.05) is 35.7 Å². The monoisotopic (exact) mass is 429 g/mol. The Kier molecular flexibility index (Phi) is 7.65.